The number of esters is 1. The molecule has 0 atom stereocenters. The van der Waals surface area contributed by atoms with Gasteiger partial charge in [0.05, 0.1) is 12.0 Å². The molecule has 4 heteroatoms. The monoisotopic (exact) mass is 228 g/mol. The standard InChI is InChI=1S/C11H20O3Si/c1-11(7-9(12)8-11)10(13)14-5-6-15(2,3)4/h5-8H2,1-4H3. The van der Waals surface area contributed by atoms with Gasteiger partial charge in [-0.05, 0) is 13.0 Å². The summed E-state index contributed by atoms with van der Waals surface area (Å²) in [6.07, 6.45) is 0.720. The zero-order valence-electron chi connectivity index (χ0n) is 10.1. The van der Waals surface area contributed by atoms with Crippen molar-refractivity contribution in [1.29, 1.82) is 0 Å². The van der Waals surface area contributed by atoms with E-state index in [1.807, 2.05) is 6.92 Å². The van der Waals surface area contributed by atoms with Crippen LogP contribution in [0.2, 0.25) is 25.7 Å². The first-order valence-electron chi connectivity index (χ1n) is 5.42. The Balaban J connectivity index is 2.28. The third-order valence-electron chi connectivity index (χ3n) is 2.75. The lowest BCUT2D eigenvalue weighted by molar-refractivity contribution is -0.164. The van der Waals surface area contributed by atoms with Gasteiger partial charge in [-0.25, -0.2) is 0 Å². The first-order chi connectivity index (χ1) is 6.73. The van der Waals surface area contributed by atoms with E-state index in [1.54, 1.807) is 0 Å². The highest BCUT2D eigenvalue weighted by molar-refractivity contribution is 6.76. The van der Waals surface area contributed by atoms with Gasteiger partial charge in [-0.2, -0.15) is 0 Å². The maximum atomic E-state index is 11.6. The number of hydrogen-bond acceptors (Lipinski definition) is 3. The molecule has 0 radical (unpaired) electrons. The molecule has 0 heterocycles. The zero-order valence-corrected chi connectivity index (χ0v) is 11.1. The third kappa shape index (κ3) is 3.45. The number of ketones is 1. The van der Waals surface area contributed by atoms with Crippen LogP contribution in [0.3, 0.4) is 0 Å². The Kier molecular flexibility index (Phi) is 3.38. The van der Waals surface area contributed by atoms with Crippen LogP contribution in [0, 0.1) is 5.41 Å². The predicted octanol–water partition coefficient (Wildman–Crippen LogP) is 2.24. The fraction of sp³-hybridized carbons (Fsp3) is 0.818. The fourth-order valence-electron chi connectivity index (χ4n) is 1.59. The van der Waals surface area contributed by atoms with E-state index in [9.17, 15) is 9.59 Å². The Hall–Kier alpha value is -0.643. The van der Waals surface area contributed by atoms with Crippen molar-refractivity contribution in [3.63, 3.8) is 0 Å². The van der Waals surface area contributed by atoms with Crippen molar-refractivity contribution in [1.82, 2.24) is 0 Å². The summed E-state index contributed by atoms with van der Waals surface area (Å²) in [6, 6.07) is 0.989. The Bertz CT molecular complexity index is 270. The topological polar surface area (TPSA) is 43.4 Å². The smallest absolute Gasteiger partial charge is 0.312 e. The first-order valence-corrected chi connectivity index (χ1v) is 9.13. The van der Waals surface area contributed by atoms with Gasteiger partial charge in [0.15, 0.2) is 0 Å². The maximum Gasteiger partial charge on any atom is 0.312 e. The summed E-state index contributed by atoms with van der Waals surface area (Å²) in [7, 11) is -1.13. The summed E-state index contributed by atoms with van der Waals surface area (Å²) in [6.45, 7) is 9.06. The van der Waals surface area contributed by atoms with Gasteiger partial charge >= 0.3 is 5.97 Å². The Morgan fingerprint density at radius 2 is 1.93 bits per heavy atom. The molecule has 0 bridgehead atoms. The van der Waals surface area contributed by atoms with Crippen LogP contribution in [0.15, 0.2) is 0 Å². The summed E-state index contributed by atoms with van der Waals surface area (Å²) in [4.78, 5) is 22.5. The quantitative estimate of drug-likeness (QED) is 0.547. The van der Waals surface area contributed by atoms with Gasteiger partial charge in [0, 0.05) is 20.9 Å². The average molecular weight is 228 g/mol. The molecule has 1 aliphatic carbocycles. The van der Waals surface area contributed by atoms with Crippen molar-refractivity contribution in [2.75, 3.05) is 6.61 Å². The van der Waals surface area contributed by atoms with E-state index in [0.717, 1.165) is 6.04 Å². The highest BCUT2D eigenvalue weighted by atomic mass is 28.3. The van der Waals surface area contributed by atoms with E-state index >= 15 is 0 Å². The summed E-state index contributed by atoms with van der Waals surface area (Å²) < 4.78 is 5.22. The van der Waals surface area contributed by atoms with Crippen molar-refractivity contribution in [3.05, 3.63) is 0 Å². The molecule has 0 aliphatic heterocycles. The lowest BCUT2D eigenvalue weighted by atomic mass is 9.69. The number of rotatable bonds is 4. The second-order valence-corrected chi connectivity index (χ2v) is 11.5. The molecule has 0 aromatic carbocycles. The van der Waals surface area contributed by atoms with E-state index < -0.39 is 13.5 Å². The van der Waals surface area contributed by atoms with Crippen molar-refractivity contribution in [2.24, 2.45) is 5.41 Å². The lowest BCUT2D eigenvalue weighted by Crippen LogP contribution is -2.43. The molecule has 0 spiro atoms. The predicted molar refractivity (Wildman–Crippen MR) is 61.5 cm³/mol. The van der Waals surface area contributed by atoms with Crippen molar-refractivity contribution >= 4 is 19.8 Å². The zero-order chi connectivity index (χ0) is 11.7. The Labute approximate surface area is 92.2 Å². The SMILES string of the molecule is CC1(C(=O)OCC[Si](C)(C)C)CC(=O)C1. The Morgan fingerprint density at radius 3 is 2.33 bits per heavy atom. The molecular weight excluding hydrogens is 208 g/mol. The van der Waals surface area contributed by atoms with E-state index in [2.05, 4.69) is 19.6 Å². The van der Waals surface area contributed by atoms with Gasteiger partial charge < -0.3 is 4.74 Å². The number of ether oxygens (including phenoxy) is 1. The van der Waals surface area contributed by atoms with Gasteiger partial charge in [-0.3, -0.25) is 9.59 Å². The third-order valence-corrected chi connectivity index (χ3v) is 4.46. The van der Waals surface area contributed by atoms with Crippen molar-refractivity contribution in [3.8, 4) is 0 Å². The van der Waals surface area contributed by atoms with Gasteiger partial charge in [-0.1, -0.05) is 19.6 Å². The van der Waals surface area contributed by atoms with Gasteiger partial charge in [0.2, 0.25) is 0 Å². The molecule has 1 rings (SSSR count). The highest BCUT2D eigenvalue weighted by Crippen LogP contribution is 2.38. The maximum absolute atomic E-state index is 11.6. The van der Waals surface area contributed by atoms with Crippen LogP contribution in [0.25, 0.3) is 0 Å². The van der Waals surface area contributed by atoms with E-state index in [1.165, 1.54) is 0 Å². The molecule has 1 fully saturated rings. The second kappa shape index (κ2) is 4.08. The molecule has 1 saturated carbocycles. The van der Waals surface area contributed by atoms with Crippen molar-refractivity contribution in [2.45, 2.75) is 45.5 Å². The van der Waals surface area contributed by atoms with Gasteiger partial charge in [-0.15, -0.1) is 0 Å². The molecule has 0 aromatic heterocycles. The molecule has 1 aliphatic rings. The first kappa shape index (κ1) is 12.4. The average Bonchev–Trinajstić information content (AvgIpc) is 1.99. The molecule has 0 unspecified atom stereocenters. The van der Waals surface area contributed by atoms with E-state index in [0.29, 0.717) is 19.4 Å². The van der Waals surface area contributed by atoms with E-state index in [-0.39, 0.29) is 11.8 Å². The van der Waals surface area contributed by atoms with E-state index in [4.69, 9.17) is 4.74 Å². The number of carbonyl (C=O) groups is 2. The lowest BCUT2D eigenvalue weighted by Gasteiger charge is -2.34. The van der Waals surface area contributed by atoms with Crippen LogP contribution in [0.5, 0.6) is 0 Å². The molecule has 0 saturated heterocycles. The minimum Gasteiger partial charge on any atom is -0.466 e. The number of carbonyl (C=O) groups excluding carboxylic acids is 2. The van der Waals surface area contributed by atoms with Crippen molar-refractivity contribution < 1.29 is 14.3 Å². The molecule has 0 amide bonds. The Morgan fingerprint density at radius 1 is 1.40 bits per heavy atom. The molecule has 86 valence electrons. The van der Waals surface area contributed by atoms with Crippen LogP contribution >= 0.6 is 0 Å². The molecular formula is C11H20O3Si. The molecule has 0 aromatic rings. The molecule has 3 nitrogen and oxygen atoms in total. The minimum absolute atomic E-state index is 0.166. The van der Waals surface area contributed by atoms with Gasteiger partial charge in [0.25, 0.3) is 0 Å². The van der Waals surface area contributed by atoms with Crippen LogP contribution < -0.4 is 0 Å². The largest absolute Gasteiger partial charge is 0.466 e. The van der Waals surface area contributed by atoms with Crippen LogP contribution in [-0.4, -0.2) is 26.4 Å². The van der Waals surface area contributed by atoms with Crippen LogP contribution in [-0.2, 0) is 14.3 Å². The number of hydrogen-bond donors (Lipinski definition) is 0. The van der Waals surface area contributed by atoms with Crippen LogP contribution in [0.1, 0.15) is 19.8 Å². The summed E-state index contributed by atoms with van der Waals surface area (Å²) in [5.74, 6) is -0.0278. The van der Waals surface area contributed by atoms with Gasteiger partial charge in [0.1, 0.15) is 5.78 Å². The normalized spacial score (nSPS) is 19.6. The number of Topliss-reactive ketones (excluding diaryl/α,β-unsaturated/α-hetero) is 1. The van der Waals surface area contributed by atoms with Crippen LogP contribution in [0.4, 0.5) is 0 Å². The summed E-state index contributed by atoms with van der Waals surface area (Å²) in [5.41, 5.74) is -0.517. The highest BCUT2D eigenvalue weighted by Gasteiger charge is 2.46. The second-order valence-electron chi connectivity index (χ2n) is 5.90. The molecule has 0 N–H and O–H groups in total. The molecule has 15 heavy (non-hydrogen) atoms. The minimum atomic E-state index is -1.13. The fourth-order valence-corrected chi connectivity index (χ4v) is 2.30. The summed E-state index contributed by atoms with van der Waals surface area (Å²) in [5, 5.41) is 0. The summed E-state index contributed by atoms with van der Waals surface area (Å²) >= 11 is 0.